The van der Waals surface area contributed by atoms with Crippen molar-refractivity contribution in [3.63, 3.8) is 0 Å². The van der Waals surface area contributed by atoms with Gasteiger partial charge in [0.05, 0.1) is 10.4 Å². The van der Waals surface area contributed by atoms with E-state index >= 15 is 0 Å². The molecule has 1 aromatic carbocycles. The monoisotopic (exact) mass is 301 g/mol. The average molecular weight is 301 g/mol. The van der Waals surface area contributed by atoms with Crippen LogP contribution < -0.4 is 5.32 Å². The summed E-state index contributed by atoms with van der Waals surface area (Å²) in [6.45, 7) is 1.64. The van der Waals surface area contributed by atoms with Crippen LogP contribution in [0.5, 0.6) is 0 Å². The van der Waals surface area contributed by atoms with Crippen LogP contribution in [0.2, 0.25) is 0 Å². The third-order valence-corrected chi connectivity index (χ3v) is 3.64. The number of nitrogens with zero attached hydrogens (tertiary/aromatic N) is 2. The lowest BCUT2D eigenvalue weighted by Crippen LogP contribution is -2.04. The molecular weight excluding hydrogens is 291 g/mol. The summed E-state index contributed by atoms with van der Waals surface area (Å²) in [5, 5.41) is 6.26. The fourth-order valence-corrected chi connectivity index (χ4v) is 2.27. The number of halogens is 3. The van der Waals surface area contributed by atoms with Crippen LogP contribution in [0.15, 0.2) is 35.6 Å². The second kappa shape index (κ2) is 5.58. The highest BCUT2D eigenvalue weighted by molar-refractivity contribution is 7.15. The fraction of sp³-hybridized carbons (Fsp3) is 0.250. The quantitative estimate of drug-likeness (QED) is 0.830. The number of hydrogen-bond donors (Lipinski definition) is 1. The summed E-state index contributed by atoms with van der Waals surface area (Å²) in [5.74, 6) is 0. The standard InChI is InChI=1S/C12H10F3N3OS/c1-7(18-19)10-6-16-11(20-10)17-9-4-2-8(3-5-9)12(13,14)15/h2-7H,1H3,(H,16,17). The minimum atomic E-state index is -4.35. The van der Waals surface area contributed by atoms with Crippen molar-refractivity contribution in [3.05, 3.63) is 45.8 Å². The van der Waals surface area contributed by atoms with E-state index in [1.54, 1.807) is 6.92 Å². The van der Waals surface area contributed by atoms with Crippen LogP contribution in [0.3, 0.4) is 0 Å². The molecule has 0 aliphatic carbocycles. The lowest BCUT2D eigenvalue weighted by atomic mass is 10.2. The molecule has 0 saturated carbocycles. The Hall–Kier alpha value is -1.96. The zero-order chi connectivity index (χ0) is 14.8. The molecule has 0 fully saturated rings. The molecule has 4 nitrogen and oxygen atoms in total. The highest BCUT2D eigenvalue weighted by atomic mass is 32.1. The molecule has 20 heavy (non-hydrogen) atoms. The molecule has 0 spiro atoms. The molecule has 1 unspecified atom stereocenters. The molecule has 2 rings (SSSR count). The molecule has 0 bridgehead atoms. The molecular formula is C12H10F3N3OS. The van der Waals surface area contributed by atoms with Gasteiger partial charge in [0.1, 0.15) is 6.04 Å². The number of anilines is 2. The number of benzene rings is 1. The van der Waals surface area contributed by atoms with Crippen LogP contribution in [0.1, 0.15) is 23.4 Å². The van der Waals surface area contributed by atoms with Crippen LogP contribution in [-0.4, -0.2) is 4.98 Å². The maximum Gasteiger partial charge on any atom is 0.416 e. The lowest BCUT2D eigenvalue weighted by Gasteiger charge is -2.07. The van der Waals surface area contributed by atoms with E-state index in [4.69, 9.17) is 0 Å². The van der Waals surface area contributed by atoms with Crippen molar-refractivity contribution >= 4 is 22.2 Å². The first-order valence-corrected chi connectivity index (χ1v) is 6.44. The Bertz CT molecular complexity index is 595. The summed E-state index contributed by atoms with van der Waals surface area (Å²) in [5.41, 5.74) is -0.215. The topological polar surface area (TPSA) is 54.4 Å². The van der Waals surface area contributed by atoms with E-state index in [1.807, 2.05) is 0 Å². The molecule has 0 radical (unpaired) electrons. The van der Waals surface area contributed by atoms with Gasteiger partial charge in [-0.3, -0.25) is 0 Å². The molecule has 0 saturated heterocycles. The number of nitrogens with one attached hydrogen (secondary N) is 1. The number of thiazole rings is 1. The third kappa shape index (κ3) is 3.32. The molecule has 8 heteroatoms. The molecule has 1 N–H and O–H groups in total. The summed E-state index contributed by atoms with van der Waals surface area (Å²) in [4.78, 5) is 15.1. The van der Waals surface area contributed by atoms with Gasteiger partial charge in [-0.15, -0.1) is 0 Å². The summed E-state index contributed by atoms with van der Waals surface area (Å²) in [6, 6.07) is 4.14. The highest BCUT2D eigenvalue weighted by Gasteiger charge is 2.29. The zero-order valence-electron chi connectivity index (χ0n) is 10.3. The number of alkyl halides is 3. The van der Waals surface area contributed by atoms with E-state index in [1.165, 1.54) is 29.7 Å². The Labute approximate surface area is 116 Å². The summed E-state index contributed by atoms with van der Waals surface area (Å²) >= 11 is 1.23. The van der Waals surface area contributed by atoms with Crippen molar-refractivity contribution in [3.8, 4) is 0 Å². The Morgan fingerprint density at radius 1 is 1.30 bits per heavy atom. The zero-order valence-corrected chi connectivity index (χ0v) is 11.1. The Morgan fingerprint density at radius 3 is 2.50 bits per heavy atom. The Morgan fingerprint density at radius 2 is 1.95 bits per heavy atom. The van der Waals surface area contributed by atoms with Crippen molar-refractivity contribution in [2.45, 2.75) is 19.1 Å². The van der Waals surface area contributed by atoms with Gasteiger partial charge >= 0.3 is 6.18 Å². The number of nitroso groups, excluding NO2 is 1. The van der Waals surface area contributed by atoms with Gasteiger partial charge in [0.15, 0.2) is 5.13 Å². The summed E-state index contributed by atoms with van der Waals surface area (Å²) in [6.07, 6.45) is -2.83. The normalized spacial score (nSPS) is 13.0. The van der Waals surface area contributed by atoms with Gasteiger partial charge in [0.2, 0.25) is 0 Å². The Balaban J connectivity index is 2.10. The molecule has 0 aliphatic heterocycles. The van der Waals surface area contributed by atoms with Crippen molar-refractivity contribution in [1.82, 2.24) is 4.98 Å². The molecule has 2 aromatic rings. The first kappa shape index (κ1) is 14.4. The molecule has 1 heterocycles. The molecule has 1 atom stereocenters. The van der Waals surface area contributed by atoms with E-state index in [0.29, 0.717) is 15.7 Å². The smallest absolute Gasteiger partial charge is 0.332 e. The lowest BCUT2D eigenvalue weighted by molar-refractivity contribution is -0.137. The van der Waals surface area contributed by atoms with E-state index in [9.17, 15) is 18.1 Å². The van der Waals surface area contributed by atoms with Crippen molar-refractivity contribution in [1.29, 1.82) is 0 Å². The second-order valence-corrected chi connectivity index (χ2v) is 5.11. The molecule has 0 amide bonds. The van der Waals surface area contributed by atoms with Crippen LogP contribution >= 0.6 is 11.3 Å². The van der Waals surface area contributed by atoms with Crippen molar-refractivity contribution in [2.75, 3.05) is 5.32 Å². The third-order valence-electron chi connectivity index (χ3n) is 2.56. The van der Waals surface area contributed by atoms with Crippen LogP contribution in [-0.2, 0) is 6.18 Å². The number of rotatable bonds is 4. The van der Waals surface area contributed by atoms with Gasteiger partial charge in [-0.2, -0.15) is 18.1 Å². The predicted molar refractivity (Wildman–Crippen MR) is 71.1 cm³/mol. The molecule has 0 aliphatic rings. The van der Waals surface area contributed by atoms with E-state index in [0.717, 1.165) is 12.1 Å². The largest absolute Gasteiger partial charge is 0.416 e. The Kier molecular flexibility index (Phi) is 4.03. The van der Waals surface area contributed by atoms with E-state index in [2.05, 4.69) is 15.5 Å². The predicted octanol–water partition coefficient (Wildman–Crippen LogP) is 4.73. The minimum Gasteiger partial charge on any atom is -0.332 e. The summed E-state index contributed by atoms with van der Waals surface area (Å²) < 4.78 is 37.2. The van der Waals surface area contributed by atoms with Crippen LogP contribution in [0.25, 0.3) is 0 Å². The van der Waals surface area contributed by atoms with Crippen LogP contribution in [0, 0.1) is 4.91 Å². The van der Waals surface area contributed by atoms with Gasteiger partial charge in [-0.1, -0.05) is 16.5 Å². The molecule has 1 aromatic heterocycles. The van der Waals surface area contributed by atoms with Gasteiger partial charge in [-0.25, -0.2) is 4.98 Å². The summed E-state index contributed by atoms with van der Waals surface area (Å²) in [7, 11) is 0. The van der Waals surface area contributed by atoms with Gasteiger partial charge in [0.25, 0.3) is 0 Å². The van der Waals surface area contributed by atoms with Crippen LogP contribution in [0.4, 0.5) is 24.0 Å². The second-order valence-electron chi connectivity index (χ2n) is 4.05. The maximum atomic E-state index is 12.4. The molecule has 106 valence electrons. The average Bonchev–Trinajstić information content (AvgIpc) is 2.86. The van der Waals surface area contributed by atoms with Crippen molar-refractivity contribution < 1.29 is 13.2 Å². The maximum absolute atomic E-state index is 12.4. The highest BCUT2D eigenvalue weighted by Crippen LogP contribution is 2.31. The first-order chi connectivity index (χ1) is 9.40. The number of hydrogen-bond acceptors (Lipinski definition) is 5. The van der Waals surface area contributed by atoms with Gasteiger partial charge < -0.3 is 5.32 Å². The fourth-order valence-electron chi connectivity index (χ4n) is 1.46. The van der Waals surface area contributed by atoms with E-state index < -0.39 is 17.8 Å². The SMILES string of the molecule is CC(N=O)c1cnc(Nc2ccc(C(F)(F)F)cc2)s1. The van der Waals surface area contributed by atoms with Crippen molar-refractivity contribution in [2.24, 2.45) is 5.18 Å². The number of aromatic nitrogens is 1. The van der Waals surface area contributed by atoms with Gasteiger partial charge in [0, 0.05) is 11.9 Å². The first-order valence-electron chi connectivity index (χ1n) is 5.62. The van der Waals surface area contributed by atoms with Gasteiger partial charge in [-0.05, 0) is 31.2 Å². The minimum absolute atomic E-state index is 0.490. The van der Waals surface area contributed by atoms with E-state index in [-0.39, 0.29) is 0 Å².